The Kier molecular flexibility index (Phi) is 10.1. The van der Waals surface area contributed by atoms with Crippen LogP contribution in [-0.2, 0) is 20.1 Å². The number of anilines is 1. The predicted molar refractivity (Wildman–Crippen MR) is 165 cm³/mol. The van der Waals surface area contributed by atoms with Gasteiger partial charge in [0.15, 0.2) is 5.75 Å². The van der Waals surface area contributed by atoms with Crippen LogP contribution in [0.5, 0.6) is 11.5 Å². The largest absolute Gasteiger partial charge is 0.505 e. The first-order valence-corrected chi connectivity index (χ1v) is 16.0. The van der Waals surface area contributed by atoms with Gasteiger partial charge in [-0.1, -0.05) is 6.07 Å². The summed E-state index contributed by atoms with van der Waals surface area (Å²) in [5.41, 5.74) is 7.64. The highest BCUT2D eigenvalue weighted by Gasteiger charge is 2.23. The number of azo groups is 2. The van der Waals surface area contributed by atoms with Gasteiger partial charge in [-0.05, 0) is 66.4 Å². The molecule has 0 radical (unpaired) electrons. The van der Waals surface area contributed by atoms with Crippen molar-refractivity contribution in [3.8, 4) is 11.5 Å². The maximum atomic E-state index is 12.8. The quantitative estimate of drug-likeness (QED) is 0.0811. The molecule has 0 aliphatic heterocycles. The van der Waals surface area contributed by atoms with E-state index in [1.54, 1.807) is 19.1 Å². The second kappa shape index (κ2) is 13.6. The fourth-order valence-electron chi connectivity index (χ4n) is 4.31. The molecule has 0 spiro atoms. The van der Waals surface area contributed by atoms with Gasteiger partial charge in [0.05, 0.1) is 41.5 Å². The number of phenols is 1. The number of aryl methyl sites for hydroxylation is 1. The number of hydrogen-bond acceptors (Lipinski definition) is 13. The van der Waals surface area contributed by atoms with Crippen molar-refractivity contribution in [2.24, 2.45) is 20.5 Å². The van der Waals surface area contributed by atoms with E-state index < -0.39 is 38.3 Å². The monoisotopic (exact) mass is 658 g/mol. The highest BCUT2D eigenvalue weighted by molar-refractivity contribution is 7.89. The predicted octanol–water partition coefficient (Wildman–Crippen LogP) is 4.50. The summed E-state index contributed by atoms with van der Waals surface area (Å²) in [5.74, 6) is -0.0600. The Bertz CT molecular complexity index is 1990. The second-order valence-electron chi connectivity index (χ2n) is 9.57. The molecule has 0 fully saturated rings. The van der Waals surface area contributed by atoms with Crippen LogP contribution in [0.4, 0.5) is 28.4 Å². The topological polar surface area (TPSA) is 237 Å². The molecule has 0 saturated carbocycles. The number of hydrogen-bond donors (Lipinski definition) is 5. The number of rotatable bonds is 12. The van der Waals surface area contributed by atoms with Crippen LogP contribution in [0.1, 0.15) is 5.56 Å². The van der Waals surface area contributed by atoms with Gasteiger partial charge in [-0.2, -0.15) is 23.0 Å². The van der Waals surface area contributed by atoms with E-state index in [1.165, 1.54) is 49.6 Å². The summed E-state index contributed by atoms with van der Waals surface area (Å²) in [6, 6.07) is 13.9. The average molecular weight is 659 g/mol. The Hall–Kier alpha value is -4.52. The normalized spacial score (nSPS) is 12.6. The van der Waals surface area contributed by atoms with Crippen molar-refractivity contribution in [3.63, 3.8) is 0 Å². The Balaban J connectivity index is 1.58. The number of aliphatic hydroxyl groups is 2. The summed E-state index contributed by atoms with van der Waals surface area (Å²) < 4.78 is 64.4. The van der Waals surface area contributed by atoms with Crippen molar-refractivity contribution in [2.75, 3.05) is 39.1 Å². The lowest BCUT2D eigenvalue weighted by Gasteiger charge is -2.20. The molecule has 45 heavy (non-hydrogen) atoms. The molecule has 6 N–H and O–H groups in total. The number of aliphatic hydroxyl groups excluding tert-OH is 2. The van der Waals surface area contributed by atoms with E-state index >= 15 is 0 Å². The molecule has 15 nitrogen and oxygen atoms in total. The Morgan fingerprint density at radius 3 is 2.02 bits per heavy atom. The van der Waals surface area contributed by atoms with Crippen molar-refractivity contribution >= 4 is 59.4 Å². The van der Waals surface area contributed by atoms with E-state index in [2.05, 4.69) is 20.5 Å². The molecule has 0 atom stereocenters. The molecule has 0 amide bonds. The number of methoxy groups -OCH3 is 1. The summed E-state index contributed by atoms with van der Waals surface area (Å²) in [7, 11) is -7.01. The zero-order valence-corrected chi connectivity index (χ0v) is 25.7. The summed E-state index contributed by atoms with van der Waals surface area (Å²) >= 11 is 0. The van der Waals surface area contributed by atoms with Gasteiger partial charge in [-0.15, -0.1) is 10.2 Å². The van der Waals surface area contributed by atoms with Crippen LogP contribution in [0, 0.1) is 6.92 Å². The Morgan fingerprint density at radius 2 is 1.42 bits per heavy atom. The molecule has 0 aliphatic carbocycles. The second-order valence-corrected chi connectivity index (χ2v) is 12.9. The fourth-order valence-corrected chi connectivity index (χ4v) is 6.28. The molecule has 0 heterocycles. The van der Waals surface area contributed by atoms with Gasteiger partial charge in [-0.3, -0.25) is 4.55 Å². The molecule has 4 rings (SSSR count). The van der Waals surface area contributed by atoms with Crippen LogP contribution in [0.25, 0.3) is 10.8 Å². The van der Waals surface area contributed by atoms with Gasteiger partial charge in [0.25, 0.3) is 10.1 Å². The minimum Gasteiger partial charge on any atom is -0.505 e. The molecule has 0 aromatic heterocycles. The number of benzene rings is 4. The van der Waals surface area contributed by atoms with Gasteiger partial charge >= 0.3 is 0 Å². The first kappa shape index (κ1) is 33.4. The zero-order valence-electron chi connectivity index (χ0n) is 24.1. The smallest absolute Gasteiger partial charge is 0.294 e. The maximum absolute atomic E-state index is 12.8. The molecule has 4 aromatic carbocycles. The minimum absolute atomic E-state index is 0.0288. The third kappa shape index (κ3) is 7.42. The van der Waals surface area contributed by atoms with Crippen LogP contribution < -0.4 is 10.5 Å². The molecule has 238 valence electrons. The first-order valence-electron chi connectivity index (χ1n) is 13.2. The van der Waals surface area contributed by atoms with Gasteiger partial charge in [0.2, 0.25) is 10.0 Å². The molecule has 4 aromatic rings. The lowest BCUT2D eigenvalue weighted by Crippen LogP contribution is -2.35. The summed E-state index contributed by atoms with van der Waals surface area (Å²) in [4.78, 5) is -0.442. The minimum atomic E-state index is -4.50. The van der Waals surface area contributed by atoms with Gasteiger partial charge < -0.3 is 25.8 Å². The number of sulfonamides is 1. The summed E-state index contributed by atoms with van der Waals surface area (Å²) in [5, 5.41) is 46.2. The highest BCUT2D eigenvalue weighted by Crippen LogP contribution is 2.41. The molecular formula is C28H30N6O9S2. The van der Waals surface area contributed by atoms with Gasteiger partial charge in [0, 0.05) is 30.2 Å². The molecular weight excluding hydrogens is 628 g/mol. The van der Waals surface area contributed by atoms with Crippen LogP contribution >= 0.6 is 0 Å². The molecule has 0 unspecified atom stereocenters. The number of phenolic OH excluding ortho intramolecular Hbond substituents is 1. The third-order valence-corrected chi connectivity index (χ3v) is 9.32. The van der Waals surface area contributed by atoms with Crippen LogP contribution in [0.2, 0.25) is 0 Å². The van der Waals surface area contributed by atoms with Crippen LogP contribution in [-0.4, -0.2) is 74.4 Å². The van der Waals surface area contributed by atoms with Crippen molar-refractivity contribution in [2.45, 2.75) is 16.7 Å². The molecule has 17 heteroatoms. The number of ether oxygens (including phenoxy) is 1. The molecule has 0 bridgehead atoms. The molecule has 0 aliphatic rings. The summed E-state index contributed by atoms with van der Waals surface area (Å²) in [6.45, 7) is 0.663. The highest BCUT2D eigenvalue weighted by atomic mass is 32.2. The van der Waals surface area contributed by atoms with E-state index in [9.17, 15) is 26.5 Å². The first-order chi connectivity index (χ1) is 21.3. The average Bonchev–Trinajstić information content (AvgIpc) is 2.99. The number of nitrogens with two attached hydrogens (primary N) is 1. The van der Waals surface area contributed by atoms with Crippen molar-refractivity contribution in [1.29, 1.82) is 0 Å². The van der Waals surface area contributed by atoms with Crippen molar-refractivity contribution in [1.82, 2.24) is 4.31 Å². The van der Waals surface area contributed by atoms with Crippen LogP contribution in [0.15, 0.2) is 90.9 Å². The van der Waals surface area contributed by atoms with Crippen molar-refractivity contribution in [3.05, 3.63) is 66.2 Å². The van der Waals surface area contributed by atoms with E-state index in [0.29, 0.717) is 22.6 Å². The number of aromatic hydroxyl groups is 1. The van der Waals surface area contributed by atoms with E-state index in [4.69, 9.17) is 20.7 Å². The summed E-state index contributed by atoms with van der Waals surface area (Å²) in [6.07, 6.45) is 0. The standard InChI is InChI=1S/C28H30N6O9S2/c1-17-13-25(33-31-23-8-3-18-14-21(45(40,41)42)15-22(29)27(18)28(23)37)26(43-2)16-24(17)32-30-19-4-6-20(7-5-19)44(38,39)34(9-11-35)10-12-36/h3-8,13-16,35-37H,9-12,29H2,1-2H3,(H,40,41,42)/b32-30+,33-31+. The van der Waals surface area contributed by atoms with E-state index in [1.807, 2.05) is 0 Å². The third-order valence-electron chi connectivity index (χ3n) is 6.58. The Labute approximate surface area is 258 Å². The SMILES string of the molecule is COc1cc(/N=N/c2ccc(S(=O)(=O)N(CCO)CCO)cc2)c(C)cc1/N=N/c1ccc2cc(S(=O)(=O)O)cc(N)c2c1O. The zero-order chi connectivity index (χ0) is 32.9. The van der Waals surface area contributed by atoms with Gasteiger partial charge in [-0.25, -0.2) is 8.42 Å². The lowest BCUT2D eigenvalue weighted by atomic mass is 10.1. The van der Waals surface area contributed by atoms with Crippen LogP contribution in [0.3, 0.4) is 0 Å². The number of nitrogen functional groups attached to an aromatic ring is 1. The molecule has 0 saturated heterocycles. The van der Waals surface area contributed by atoms with Gasteiger partial charge in [0.1, 0.15) is 17.1 Å². The number of fused-ring (bicyclic) bond motifs is 1. The lowest BCUT2D eigenvalue weighted by molar-refractivity contribution is 0.217. The fraction of sp³-hybridized carbons (Fsp3) is 0.214. The Morgan fingerprint density at radius 1 is 0.800 bits per heavy atom. The maximum Gasteiger partial charge on any atom is 0.294 e. The van der Waals surface area contributed by atoms with E-state index in [-0.39, 0.29) is 51.6 Å². The number of nitrogens with zero attached hydrogens (tertiary/aromatic N) is 5. The van der Waals surface area contributed by atoms with E-state index in [0.717, 1.165) is 10.4 Å². The van der Waals surface area contributed by atoms with Crippen molar-refractivity contribution < 1.29 is 41.4 Å².